The molecule has 0 amide bonds. The van der Waals surface area contributed by atoms with E-state index in [0.29, 0.717) is 45.0 Å². The van der Waals surface area contributed by atoms with E-state index >= 15 is 8.78 Å². The Hall–Kier alpha value is -9.30. The van der Waals surface area contributed by atoms with Crippen molar-refractivity contribution in [1.82, 2.24) is 29.9 Å². The zero-order chi connectivity index (χ0) is 67.7. The molecule has 2 aliphatic heterocycles. The average molecular weight is 1310 g/mol. The molecular formula is C74H61B2ClF8N6O4. The third-order valence-corrected chi connectivity index (χ3v) is 17.1. The Bertz CT molecular complexity index is 4120. The fourth-order valence-electron chi connectivity index (χ4n) is 10.3. The number of nitrogens with zero attached hydrogens (tertiary/aromatic N) is 6. The molecule has 0 radical (unpaired) electrons. The lowest BCUT2D eigenvalue weighted by atomic mass is 9.70. The van der Waals surface area contributed by atoms with Crippen LogP contribution in [0.1, 0.15) is 66.5 Å². The van der Waals surface area contributed by atoms with E-state index in [9.17, 15) is 26.3 Å². The van der Waals surface area contributed by atoms with Crippen molar-refractivity contribution in [3.05, 3.63) is 253 Å². The van der Waals surface area contributed by atoms with Gasteiger partial charge in [0.1, 0.15) is 11.6 Å². The fraction of sp³-hybridized carbons (Fsp3) is 0.189. The molecule has 11 aromatic rings. The van der Waals surface area contributed by atoms with Gasteiger partial charge in [-0.05, 0) is 109 Å². The van der Waals surface area contributed by atoms with Crippen molar-refractivity contribution in [2.24, 2.45) is 0 Å². The molecular weight excluding hydrogens is 1250 g/mol. The highest BCUT2D eigenvalue weighted by atomic mass is 35.5. The Labute approximate surface area is 550 Å². The predicted molar refractivity (Wildman–Crippen MR) is 356 cm³/mol. The summed E-state index contributed by atoms with van der Waals surface area (Å²) in [5.74, 6) is -2.25. The molecule has 0 bridgehead atoms. The summed E-state index contributed by atoms with van der Waals surface area (Å²) in [7, 11) is -2.58. The summed E-state index contributed by atoms with van der Waals surface area (Å²) in [6.07, 6.45) is -9.50. The molecule has 480 valence electrons. The molecule has 0 saturated carbocycles. The molecule has 13 rings (SSSR count). The molecule has 2 saturated heterocycles. The van der Waals surface area contributed by atoms with Crippen LogP contribution < -0.4 is 10.9 Å². The standard InChI is InChI=1S/C39H24F4N4.C19H26B2F4O4.C16H11ClN2/c40-36-30(37-44-32(25-13-5-1-6-14-25)23-33(45-37)26-15-7-2-8-16-26)21-29(39(41,42)43)22-31(36)38-46-34(27-17-9-3-10-18-27)24-35(47-38)28-19-11-4-12-20-28;1-15(2)16(3,4)27-20(26-15)12-9-11(19(23,24)25)10-13(14(12)22)21-28-17(5,6)18(7,8)29-21;17-16-18-14(12-7-3-1-4-8-12)11-15(19-16)13-9-5-2-6-10-13/h1-24H;9-10H,1-8H3;1-11H. The van der Waals surface area contributed by atoms with Crippen LogP contribution in [0.25, 0.3) is 90.3 Å². The maximum atomic E-state index is 16.8. The summed E-state index contributed by atoms with van der Waals surface area (Å²) in [5.41, 5.74) is 1.35. The third-order valence-electron chi connectivity index (χ3n) is 16.9. The maximum absolute atomic E-state index is 16.8. The minimum absolute atomic E-state index is 0.197. The number of benzene rings is 8. The zero-order valence-electron chi connectivity index (χ0n) is 52.7. The molecule has 2 aliphatic rings. The Balaban J connectivity index is 0.000000162. The van der Waals surface area contributed by atoms with Gasteiger partial charge in [0.25, 0.3) is 0 Å². The van der Waals surface area contributed by atoms with Crippen LogP contribution in [0.5, 0.6) is 0 Å². The highest BCUT2D eigenvalue weighted by Gasteiger charge is 2.56. The fourth-order valence-corrected chi connectivity index (χ4v) is 10.5. The SMILES string of the molecule is CC1(C)OB(c2cc(C(F)(F)F)cc(B3OC(C)(C)C(C)(C)O3)c2F)OC1(C)C.Clc1nc(-c2ccccc2)cc(-c2ccccc2)n1.Fc1c(-c2nc(-c3ccccc3)cc(-c3ccccc3)n2)cc(C(F)(F)F)cc1-c1nc(-c2ccccc2)cc(-c2ccccc2)n1. The topological polar surface area (TPSA) is 114 Å². The molecule has 10 nitrogen and oxygen atoms in total. The monoisotopic (exact) mass is 1310 g/mol. The highest BCUT2D eigenvalue weighted by Crippen LogP contribution is 2.42. The van der Waals surface area contributed by atoms with Crippen molar-refractivity contribution in [2.45, 2.75) is 90.1 Å². The number of alkyl halides is 6. The van der Waals surface area contributed by atoms with Crippen molar-refractivity contribution >= 4 is 36.8 Å². The van der Waals surface area contributed by atoms with E-state index in [4.69, 9.17) is 30.2 Å². The normalized spacial score (nSPS) is 15.3. The molecule has 0 spiro atoms. The van der Waals surface area contributed by atoms with Gasteiger partial charge in [-0.1, -0.05) is 182 Å². The predicted octanol–water partition coefficient (Wildman–Crippen LogP) is 18.3. The van der Waals surface area contributed by atoms with Gasteiger partial charge >= 0.3 is 26.6 Å². The van der Waals surface area contributed by atoms with Gasteiger partial charge in [-0.25, -0.2) is 38.7 Å². The Morgan fingerprint density at radius 2 is 0.537 bits per heavy atom. The van der Waals surface area contributed by atoms with Crippen molar-refractivity contribution < 1.29 is 53.7 Å². The number of rotatable bonds is 10. The van der Waals surface area contributed by atoms with Gasteiger partial charge in [-0.3, -0.25) is 0 Å². The third kappa shape index (κ3) is 15.0. The van der Waals surface area contributed by atoms with E-state index in [2.05, 4.69) is 29.9 Å². The molecule has 0 aliphatic carbocycles. The van der Waals surface area contributed by atoms with Crippen molar-refractivity contribution in [3.8, 4) is 90.3 Å². The quantitative estimate of drug-likeness (QED) is 0.0745. The van der Waals surface area contributed by atoms with Crippen molar-refractivity contribution in [1.29, 1.82) is 0 Å². The van der Waals surface area contributed by atoms with E-state index in [1.165, 1.54) is 0 Å². The lowest BCUT2D eigenvalue weighted by molar-refractivity contribution is -0.138. The minimum Gasteiger partial charge on any atom is -0.399 e. The van der Waals surface area contributed by atoms with Crippen molar-refractivity contribution in [2.75, 3.05) is 0 Å². The first kappa shape index (κ1) is 67.1. The van der Waals surface area contributed by atoms with Gasteiger partial charge in [0.15, 0.2) is 11.6 Å². The summed E-state index contributed by atoms with van der Waals surface area (Å²) >= 11 is 6.03. The van der Waals surface area contributed by atoms with Gasteiger partial charge < -0.3 is 18.6 Å². The van der Waals surface area contributed by atoms with Gasteiger partial charge in [-0.15, -0.1) is 0 Å². The molecule has 8 aromatic carbocycles. The van der Waals surface area contributed by atoms with Gasteiger partial charge in [0.2, 0.25) is 5.28 Å². The van der Waals surface area contributed by atoms with E-state index < -0.39 is 82.9 Å². The Morgan fingerprint density at radius 3 is 0.768 bits per heavy atom. The molecule has 0 atom stereocenters. The van der Waals surface area contributed by atoms with Crippen LogP contribution in [-0.2, 0) is 31.0 Å². The Kier molecular flexibility index (Phi) is 19.0. The molecule has 21 heteroatoms. The first-order chi connectivity index (χ1) is 45.0. The number of aromatic nitrogens is 6. The lowest BCUT2D eigenvalue weighted by Gasteiger charge is -2.32. The lowest BCUT2D eigenvalue weighted by Crippen LogP contribution is -2.46. The largest absolute Gasteiger partial charge is 0.497 e. The van der Waals surface area contributed by atoms with Crippen LogP contribution in [-0.4, -0.2) is 66.5 Å². The van der Waals surface area contributed by atoms with E-state index in [0.717, 1.165) is 46.8 Å². The Morgan fingerprint density at radius 1 is 0.316 bits per heavy atom. The van der Waals surface area contributed by atoms with E-state index in [1.807, 2.05) is 188 Å². The first-order valence-corrected chi connectivity index (χ1v) is 30.6. The van der Waals surface area contributed by atoms with Gasteiger partial charge in [0, 0.05) is 44.3 Å². The van der Waals surface area contributed by atoms with Crippen LogP contribution in [0.15, 0.2) is 224 Å². The zero-order valence-corrected chi connectivity index (χ0v) is 53.5. The van der Waals surface area contributed by atoms with Gasteiger partial charge in [-0.2, -0.15) is 26.3 Å². The average Bonchev–Trinajstić information content (AvgIpc) is 1.73. The van der Waals surface area contributed by atoms with Crippen molar-refractivity contribution in [3.63, 3.8) is 0 Å². The second-order valence-corrected chi connectivity index (χ2v) is 24.9. The highest BCUT2D eigenvalue weighted by molar-refractivity contribution is 6.66. The summed E-state index contributed by atoms with van der Waals surface area (Å²) < 4.78 is 140. The summed E-state index contributed by atoms with van der Waals surface area (Å²) in [6, 6.07) is 64.8. The second-order valence-electron chi connectivity index (χ2n) is 24.6. The molecule has 3 aromatic heterocycles. The van der Waals surface area contributed by atoms with Gasteiger partial charge in [0.05, 0.1) is 78.8 Å². The molecule has 5 heterocycles. The molecule has 0 N–H and O–H groups in total. The summed E-state index contributed by atoms with van der Waals surface area (Å²) in [6.45, 7) is 13.9. The molecule has 2 fully saturated rings. The summed E-state index contributed by atoms with van der Waals surface area (Å²) in [5, 5.41) is 0.264. The van der Waals surface area contributed by atoms with Crippen LogP contribution in [0.4, 0.5) is 35.1 Å². The van der Waals surface area contributed by atoms with E-state index in [-0.39, 0.29) is 27.9 Å². The first-order valence-electron chi connectivity index (χ1n) is 30.2. The van der Waals surface area contributed by atoms with E-state index in [1.54, 1.807) is 67.5 Å². The van der Waals surface area contributed by atoms with Crippen LogP contribution in [0.2, 0.25) is 5.28 Å². The number of hydrogen-bond acceptors (Lipinski definition) is 10. The smallest absolute Gasteiger partial charge is 0.399 e. The number of halogens is 9. The number of hydrogen-bond donors (Lipinski definition) is 0. The van der Waals surface area contributed by atoms with Crippen LogP contribution in [0.3, 0.4) is 0 Å². The van der Waals surface area contributed by atoms with Crippen LogP contribution in [0, 0.1) is 11.6 Å². The van der Waals surface area contributed by atoms with Crippen LogP contribution >= 0.6 is 11.6 Å². The summed E-state index contributed by atoms with van der Waals surface area (Å²) in [4.78, 5) is 26.9. The maximum Gasteiger partial charge on any atom is 0.497 e. The molecule has 95 heavy (non-hydrogen) atoms. The minimum atomic E-state index is -4.81. The molecule has 0 unspecified atom stereocenters. The second kappa shape index (κ2) is 26.8.